The lowest BCUT2D eigenvalue weighted by atomic mass is 9.99. The van der Waals surface area contributed by atoms with Gasteiger partial charge in [-0.25, -0.2) is 17.2 Å². The van der Waals surface area contributed by atoms with E-state index in [0.717, 1.165) is 30.0 Å². The second-order valence-electron chi connectivity index (χ2n) is 8.50. The van der Waals surface area contributed by atoms with Gasteiger partial charge in [0, 0.05) is 35.6 Å². The first-order valence-electron chi connectivity index (χ1n) is 10.8. The highest BCUT2D eigenvalue weighted by Gasteiger charge is 2.31. The van der Waals surface area contributed by atoms with Crippen LogP contribution in [-0.4, -0.2) is 42.4 Å². The molecule has 0 spiro atoms. The van der Waals surface area contributed by atoms with Crippen LogP contribution in [0.5, 0.6) is 5.75 Å². The van der Waals surface area contributed by atoms with E-state index in [2.05, 4.69) is 4.98 Å². The van der Waals surface area contributed by atoms with Crippen LogP contribution in [-0.2, 0) is 22.8 Å². The van der Waals surface area contributed by atoms with Crippen LogP contribution in [0.1, 0.15) is 21.6 Å². The van der Waals surface area contributed by atoms with Crippen molar-refractivity contribution in [3.05, 3.63) is 87.5 Å². The van der Waals surface area contributed by atoms with E-state index in [1.54, 1.807) is 12.1 Å². The number of carbonyl (C=O) groups excluding carboxylic acids is 1. The Morgan fingerprint density at radius 1 is 1.17 bits per heavy atom. The zero-order chi connectivity index (χ0) is 24.9. The molecule has 1 aliphatic heterocycles. The van der Waals surface area contributed by atoms with E-state index in [-0.39, 0.29) is 28.9 Å². The molecule has 2 aromatic carbocycles. The summed E-state index contributed by atoms with van der Waals surface area (Å²) in [5, 5.41) is 0.449. The summed E-state index contributed by atoms with van der Waals surface area (Å²) in [7, 11) is -3.75. The number of nitrogens with one attached hydrogen (secondary N) is 1. The standard InChI is InChI=1S/C25H20F2N2O5S/c1-35(32,33)13-20(30)23-21(17-3-2-9-28-25(17)31)22-19(7-4-14-8-10-34-24(14)22)29(23)12-15-11-16(26)5-6-18(15)27/h2-7,9,11H,8,10,12-13H2,1H3,(H,28,31). The van der Waals surface area contributed by atoms with Gasteiger partial charge in [-0.2, -0.15) is 0 Å². The van der Waals surface area contributed by atoms with Gasteiger partial charge in [-0.15, -0.1) is 0 Å². The van der Waals surface area contributed by atoms with Crippen LogP contribution in [0.3, 0.4) is 0 Å². The van der Waals surface area contributed by atoms with E-state index in [1.807, 2.05) is 6.07 Å². The van der Waals surface area contributed by atoms with Crippen molar-refractivity contribution in [2.75, 3.05) is 18.6 Å². The van der Waals surface area contributed by atoms with Crippen molar-refractivity contribution in [1.82, 2.24) is 9.55 Å². The predicted octanol–water partition coefficient (Wildman–Crippen LogP) is 3.49. The average Bonchev–Trinajstić information content (AvgIpc) is 3.38. The third-order valence-electron chi connectivity index (χ3n) is 5.96. The van der Waals surface area contributed by atoms with Gasteiger partial charge in [-0.05, 0) is 42.0 Å². The maximum absolute atomic E-state index is 14.6. The van der Waals surface area contributed by atoms with Crippen LogP contribution in [0.2, 0.25) is 0 Å². The van der Waals surface area contributed by atoms with E-state index in [1.165, 1.54) is 16.8 Å². The van der Waals surface area contributed by atoms with Crippen molar-refractivity contribution in [1.29, 1.82) is 0 Å². The third-order valence-corrected chi connectivity index (χ3v) is 6.75. The number of H-pyrrole nitrogens is 1. The Morgan fingerprint density at radius 2 is 1.97 bits per heavy atom. The number of aromatic nitrogens is 2. The molecule has 2 aromatic heterocycles. The minimum atomic E-state index is -3.75. The van der Waals surface area contributed by atoms with Gasteiger partial charge in [0.15, 0.2) is 15.6 Å². The first-order chi connectivity index (χ1) is 16.6. The molecule has 0 fully saturated rings. The smallest absolute Gasteiger partial charge is 0.255 e. The molecule has 35 heavy (non-hydrogen) atoms. The summed E-state index contributed by atoms with van der Waals surface area (Å²) in [5.74, 6) is -2.47. The molecule has 0 radical (unpaired) electrons. The van der Waals surface area contributed by atoms with Gasteiger partial charge >= 0.3 is 0 Å². The molecule has 10 heteroatoms. The quantitative estimate of drug-likeness (QED) is 0.411. The largest absolute Gasteiger partial charge is 0.492 e. The monoisotopic (exact) mass is 498 g/mol. The van der Waals surface area contributed by atoms with Crippen molar-refractivity contribution >= 4 is 26.5 Å². The summed E-state index contributed by atoms with van der Waals surface area (Å²) in [5.41, 5.74) is 1.02. The molecule has 3 heterocycles. The fourth-order valence-electron chi connectivity index (χ4n) is 4.56. The molecule has 0 aliphatic carbocycles. The molecule has 0 atom stereocenters. The number of pyridine rings is 1. The second kappa shape index (κ2) is 8.46. The van der Waals surface area contributed by atoms with Crippen LogP contribution in [0.25, 0.3) is 22.0 Å². The van der Waals surface area contributed by atoms with E-state index in [9.17, 15) is 26.8 Å². The molecule has 0 unspecified atom stereocenters. The summed E-state index contributed by atoms with van der Waals surface area (Å²) in [4.78, 5) is 28.9. The Bertz CT molecular complexity index is 1670. The minimum absolute atomic E-state index is 0.0368. The Labute approximate surface area is 198 Å². The number of ether oxygens (including phenoxy) is 1. The average molecular weight is 499 g/mol. The lowest BCUT2D eigenvalue weighted by Crippen LogP contribution is -2.20. The first kappa shape index (κ1) is 23.0. The molecule has 0 bridgehead atoms. The highest BCUT2D eigenvalue weighted by molar-refractivity contribution is 7.91. The fourth-order valence-corrected chi connectivity index (χ4v) is 5.17. The molecule has 5 rings (SSSR count). The number of ketones is 1. The fraction of sp³-hybridized carbons (Fsp3) is 0.200. The molecule has 1 N–H and O–H groups in total. The molecule has 0 amide bonds. The van der Waals surface area contributed by atoms with E-state index in [4.69, 9.17) is 4.74 Å². The molecular formula is C25H20F2N2O5S. The van der Waals surface area contributed by atoms with Gasteiger partial charge in [0.1, 0.15) is 23.1 Å². The van der Waals surface area contributed by atoms with E-state index in [0.29, 0.717) is 29.7 Å². The number of hydrogen-bond acceptors (Lipinski definition) is 5. The highest BCUT2D eigenvalue weighted by Crippen LogP contribution is 2.43. The number of sulfone groups is 1. The van der Waals surface area contributed by atoms with E-state index >= 15 is 0 Å². The van der Waals surface area contributed by atoms with Gasteiger partial charge in [0.2, 0.25) is 0 Å². The van der Waals surface area contributed by atoms with Gasteiger partial charge in [-0.1, -0.05) is 6.07 Å². The maximum atomic E-state index is 14.6. The first-order valence-corrected chi connectivity index (χ1v) is 12.8. The Hall–Kier alpha value is -3.79. The number of rotatable bonds is 6. The topological polar surface area (TPSA) is 98.2 Å². The molecular weight excluding hydrogens is 478 g/mol. The van der Waals surface area contributed by atoms with Crippen LogP contribution in [0.15, 0.2) is 53.5 Å². The SMILES string of the molecule is CS(=O)(=O)CC(=O)c1c(-c2ccc[nH]c2=O)c2c3c(ccc2n1Cc1cc(F)ccc1F)CCO3. The highest BCUT2D eigenvalue weighted by atomic mass is 32.2. The Kier molecular flexibility index (Phi) is 5.55. The zero-order valence-corrected chi connectivity index (χ0v) is 19.4. The van der Waals surface area contributed by atoms with Gasteiger partial charge < -0.3 is 14.3 Å². The van der Waals surface area contributed by atoms with Crippen LogP contribution in [0.4, 0.5) is 8.78 Å². The van der Waals surface area contributed by atoms with Crippen molar-refractivity contribution in [2.45, 2.75) is 13.0 Å². The summed E-state index contributed by atoms with van der Waals surface area (Å²) >= 11 is 0. The van der Waals surface area contributed by atoms with Gasteiger partial charge in [0.05, 0.1) is 29.7 Å². The lowest BCUT2D eigenvalue weighted by molar-refractivity contribution is 0.101. The third kappa shape index (κ3) is 4.14. The maximum Gasteiger partial charge on any atom is 0.255 e. The predicted molar refractivity (Wildman–Crippen MR) is 127 cm³/mol. The van der Waals surface area contributed by atoms with Crippen LogP contribution in [0, 0.1) is 11.6 Å². The number of Topliss-reactive ketones (excluding diaryl/α,β-unsaturated/α-hetero) is 1. The number of benzene rings is 2. The summed E-state index contributed by atoms with van der Waals surface area (Å²) in [6.07, 6.45) is 2.98. The summed E-state index contributed by atoms with van der Waals surface area (Å²) < 4.78 is 60.0. The number of fused-ring (bicyclic) bond motifs is 3. The summed E-state index contributed by atoms with van der Waals surface area (Å²) in [6.45, 7) is 0.129. The molecule has 0 saturated carbocycles. The van der Waals surface area contributed by atoms with Gasteiger partial charge in [-0.3, -0.25) is 9.59 Å². The minimum Gasteiger partial charge on any atom is -0.492 e. The number of halogens is 2. The zero-order valence-electron chi connectivity index (χ0n) is 18.6. The number of nitrogens with zero attached hydrogens (tertiary/aromatic N) is 1. The normalized spacial score (nSPS) is 13.1. The van der Waals surface area contributed by atoms with Crippen LogP contribution < -0.4 is 10.3 Å². The Morgan fingerprint density at radius 3 is 2.71 bits per heavy atom. The lowest BCUT2D eigenvalue weighted by Gasteiger charge is -2.12. The van der Waals surface area contributed by atoms with Crippen LogP contribution >= 0.6 is 0 Å². The van der Waals surface area contributed by atoms with E-state index < -0.39 is 38.6 Å². The molecule has 4 aromatic rings. The number of aromatic amines is 1. The van der Waals surface area contributed by atoms with Crippen molar-refractivity contribution in [3.63, 3.8) is 0 Å². The van der Waals surface area contributed by atoms with Crippen molar-refractivity contribution in [2.24, 2.45) is 0 Å². The molecule has 0 saturated heterocycles. The Balaban J connectivity index is 1.90. The van der Waals surface area contributed by atoms with Crippen molar-refractivity contribution < 1.29 is 26.7 Å². The second-order valence-corrected chi connectivity index (χ2v) is 10.6. The molecule has 1 aliphatic rings. The summed E-state index contributed by atoms with van der Waals surface area (Å²) in [6, 6.07) is 9.62. The molecule has 180 valence electrons. The number of carbonyl (C=O) groups is 1. The van der Waals surface area contributed by atoms with Crippen molar-refractivity contribution in [3.8, 4) is 16.9 Å². The van der Waals surface area contributed by atoms with Gasteiger partial charge in [0.25, 0.3) is 5.56 Å². The molecule has 7 nitrogen and oxygen atoms in total. The number of hydrogen-bond donors (Lipinski definition) is 1.